The van der Waals surface area contributed by atoms with Crippen LogP contribution in [-0.4, -0.2) is 14.8 Å². The lowest BCUT2D eigenvalue weighted by atomic mass is 10.1. The summed E-state index contributed by atoms with van der Waals surface area (Å²) in [6, 6.07) is 4.03. The Hall–Kier alpha value is -1.36. The Kier molecular flexibility index (Phi) is 2.73. The fourth-order valence-electron chi connectivity index (χ4n) is 1.44. The van der Waals surface area contributed by atoms with E-state index >= 15 is 0 Å². The predicted molar refractivity (Wildman–Crippen MR) is 62.4 cm³/mol. The van der Waals surface area contributed by atoms with Gasteiger partial charge in [-0.25, -0.2) is 4.68 Å². The topological polar surface area (TPSA) is 56.7 Å². The molecule has 0 saturated carbocycles. The average molecular weight is 267 g/mol. The van der Waals surface area contributed by atoms with Crippen molar-refractivity contribution in [3.8, 4) is 0 Å². The van der Waals surface area contributed by atoms with Crippen LogP contribution in [-0.2, 0) is 0 Å². The van der Waals surface area contributed by atoms with Crippen LogP contribution in [0.1, 0.15) is 18.5 Å². The third kappa shape index (κ3) is 1.87. The summed E-state index contributed by atoms with van der Waals surface area (Å²) in [7, 11) is 0. The van der Waals surface area contributed by atoms with Crippen LogP contribution in [0.5, 0.6) is 0 Å². The summed E-state index contributed by atoms with van der Waals surface area (Å²) in [5.74, 6) is 0.638. The minimum atomic E-state index is 0.110. The molecule has 2 N–H and O–H groups in total. The zero-order chi connectivity index (χ0) is 10.8. The van der Waals surface area contributed by atoms with Gasteiger partial charge in [0.2, 0.25) is 0 Å². The summed E-state index contributed by atoms with van der Waals surface area (Å²) >= 11 is 3.34. The Bertz CT molecular complexity index is 452. The van der Waals surface area contributed by atoms with Gasteiger partial charge in [-0.15, -0.1) is 0 Å². The molecule has 2 aromatic rings. The number of rotatable bonds is 2. The first-order chi connectivity index (χ1) is 7.20. The summed E-state index contributed by atoms with van der Waals surface area (Å²) in [6.45, 7) is 2.05. The van der Waals surface area contributed by atoms with E-state index in [1.165, 1.54) is 0 Å². The number of hydrogen-bond donors (Lipinski definition) is 1. The van der Waals surface area contributed by atoms with Gasteiger partial charge in [-0.3, -0.25) is 4.98 Å². The van der Waals surface area contributed by atoms with Gasteiger partial charge in [0, 0.05) is 12.4 Å². The van der Waals surface area contributed by atoms with E-state index in [4.69, 9.17) is 5.73 Å². The molecule has 15 heavy (non-hydrogen) atoms. The molecule has 0 spiro atoms. The van der Waals surface area contributed by atoms with Crippen LogP contribution >= 0.6 is 15.9 Å². The van der Waals surface area contributed by atoms with E-state index in [0.717, 1.165) is 10.0 Å². The highest BCUT2D eigenvalue weighted by molar-refractivity contribution is 9.10. The van der Waals surface area contributed by atoms with Crippen molar-refractivity contribution in [2.75, 3.05) is 5.73 Å². The van der Waals surface area contributed by atoms with Gasteiger partial charge >= 0.3 is 0 Å². The van der Waals surface area contributed by atoms with E-state index in [2.05, 4.69) is 26.0 Å². The molecule has 5 heteroatoms. The number of hydrogen-bond acceptors (Lipinski definition) is 3. The fraction of sp³-hybridized carbons (Fsp3) is 0.200. The number of nitrogen functional groups attached to an aromatic ring is 1. The van der Waals surface area contributed by atoms with Crippen molar-refractivity contribution in [2.24, 2.45) is 0 Å². The van der Waals surface area contributed by atoms with Crippen LogP contribution in [0.15, 0.2) is 35.2 Å². The third-order valence-electron chi connectivity index (χ3n) is 2.34. The van der Waals surface area contributed by atoms with Gasteiger partial charge in [0.25, 0.3) is 0 Å². The van der Waals surface area contributed by atoms with Gasteiger partial charge < -0.3 is 5.73 Å². The first-order valence-corrected chi connectivity index (χ1v) is 5.38. The van der Waals surface area contributed by atoms with Gasteiger partial charge in [-0.2, -0.15) is 5.10 Å². The highest BCUT2D eigenvalue weighted by Gasteiger charge is 2.12. The molecular weight excluding hydrogens is 256 g/mol. The third-order valence-corrected chi connectivity index (χ3v) is 2.95. The van der Waals surface area contributed by atoms with Crippen molar-refractivity contribution in [1.29, 1.82) is 0 Å². The molecule has 0 aliphatic rings. The van der Waals surface area contributed by atoms with Crippen LogP contribution in [0.4, 0.5) is 5.82 Å². The average Bonchev–Trinajstić information content (AvgIpc) is 2.60. The molecule has 0 saturated heterocycles. The highest BCUT2D eigenvalue weighted by atomic mass is 79.9. The van der Waals surface area contributed by atoms with E-state index in [0.29, 0.717) is 5.82 Å². The molecular formula is C10H11BrN4. The lowest BCUT2D eigenvalue weighted by molar-refractivity contribution is 0.572. The molecule has 1 atom stereocenters. The van der Waals surface area contributed by atoms with E-state index in [-0.39, 0.29) is 6.04 Å². The smallest absolute Gasteiger partial charge is 0.136 e. The van der Waals surface area contributed by atoms with Crippen molar-refractivity contribution < 1.29 is 0 Å². The summed E-state index contributed by atoms with van der Waals surface area (Å²) < 4.78 is 2.60. The fourth-order valence-corrected chi connectivity index (χ4v) is 1.72. The number of nitrogens with zero attached hydrogens (tertiary/aromatic N) is 3. The Morgan fingerprint density at radius 2 is 2.07 bits per heavy atom. The molecule has 1 unspecified atom stereocenters. The van der Waals surface area contributed by atoms with Crippen LogP contribution in [0.3, 0.4) is 0 Å². The molecule has 2 heterocycles. The number of halogens is 1. The molecule has 78 valence electrons. The lowest BCUT2D eigenvalue weighted by Gasteiger charge is -2.13. The molecule has 0 aliphatic heterocycles. The summed E-state index contributed by atoms with van der Waals surface area (Å²) in [5.41, 5.74) is 7.01. The van der Waals surface area contributed by atoms with Crippen LogP contribution < -0.4 is 5.73 Å². The summed E-state index contributed by atoms with van der Waals surface area (Å²) in [6.07, 6.45) is 5.23. The monoisotopic (exact) mass is 266 g/mol. The van der Waals surface area contributed by atoms with Gasteiger partial charge in [0.05, 0.1) is 16.7 Å². The second-order valence-electron chi connectivity index (χ2n) is 3.28. The highest BCUT2D eigenvalue weighted by Crippen LogP contribution is 2.24. The van der Waals surface area contributed by atoms with Crippen molar-refractivity contribution >= 4 is 21.7 Å². The maximum Gasteiger partial charge on any atom is 0.136 e. The zero-order valence-electron chi connectivity index (χ0n) is 8.26. The predicted octanol–water partition coefficient (Wildman–Crippen LogP) is 2.23. The largest absolute Gasteiger partial charge is 0.383 e. The van der Waals surface area contributed by atoms with E-state index in [9.17, 15) is 0 Å². The number of pyridine rings is 1. The summed E-state index contributed by atoms with van der Waals surface area (Å²) in [5, 5.41) is 4.22. The SMILES string of the molecule is CC(c1ccncc1)n1ncc(Br)c1N. The Morgan fingerprint density at radius 1 is 1.40 bits per heavy atom. The van der Waals surface area contributed by atoms with Gasteiger partial charge in [0.15, 0.2) is 0 Å². The molecule has 0 amide bonds. The zero-order valence-corrected chi connectivity index (χ0v) is 9.85. The van der Waals surface area contributed by atoms with Crippen LogP contribution in [0, 0.1) is 0 Å². The number of nitrogens with two attached hydrogens (primary N) is 1. The van der Waals surface area contributed by atoms with Gasteiger partial charge in [-0.1, -0.05) is 0 Å². The van der Waals surface area contributed by atoms with E-state index in [1.807, 2.05) is 19.1 Å². The van der Waals surface area contributed by atoms with Gasteiger partial charge in [0.1, 0.15) is 5.82 Å². The molecule has 4 nitrogen and oxygen atoms in total. The first-order valence-electron chi connectivity index (χ1n) is 4.58. The molecule has 0 radical (unpaired) electrons. The molecule has 2 aromatic heterocycles. The number of aromatic nitrogens is 3. The second kappa shape index (κ2) is 4.02. The van der Waals surface area contributed by atoms with Crippen LogP contribution in [0.25, 0.3) is 0 Å². The minimum absolute atomic E-state index is 0.110. The normalized spacial score (nSPS) is 12.7. The van der Waals surface area contributed by atoms with Crippen molar-refractivity contribution in [2.45, 2.75) is 13.0 Å². The Morgan fingerprint density at radius 3 is 2.60 bits per heavy atom. The maximum absolute atomic E-state index is 5.88. The standard InChI is InChI=1S/C10H11BrN4/c1-7(8-2-4-13-5-3-8)15-10(12)9(11)6-14-15/h2-7H,12H2,1H3. The Labute approximate surface area is 96.3 Å². The molecule has 0 aromatic carbocycles. The van der Waals surface area contributed by atoms with Crippen LogP contribution in [0.2, 0.25) is 0 Å². The van der Waals surface area contributed by atoms with E-state index < -0.39 is 0 Å². The first kappa shape index (κ1) is 10.2. The van der Waals surface area contributed by atoms with Crippen molar-refractivity contribution in [1.82, 2.24) is 14.8 Å². The van der Waals surface area contributed by atoms with Gasteiger partial charge in [-0.05, 0) is 40.5 Å². The second-order valence-corrected chi connectivity index (χ2v) is 4.13. The molecule has 0 aliphatic carbocycles. The molecule has 0 fully saturated rings. The van der Waals surface area contributed by atoms with Crippen molar-refractivity contribution in [3.05, 3.63) is 40.8 Å². The minimum Gasteiger partial charge on any atom is -0.383 e. The van der Waals surface area contributed by atoms with E-state index in [1.54, 1.807) is 23.3 Å². The quantitative estimate of drug-likeness (QED) is 0.907. The van der Waals surface area contributed by atoms with Crippen molar-refractivity contribution in [3.63, 3.8) is 0 Å². The molecule has 2 rings (SSSR count). The summed E-state index contributed by atoms with van der Waals surface area (Å²) in [4.78, 5) is 3.98. The Balaban J connectivity index is 2.37. The molecule has 0 bridgehead atoms. The lowest BCUT2D eigenvalue weighted by Crippen LogP contribution is -2.11. The number of anilines is 1. The maximum atomic E-state index is 5.88.